The zero-order valence-electron chi connectivity index (χ0n) is 5.51. The number of hydrogen-bond donors (Lipinski definition) is 2. The summed E-state index contributed by atoms with van der Waals surface area (Å²) in [4.78, 5) is 13.0. The number of carboxylic acids is 1. The SMILES string of the molecule is [B]c1[nH]cc(C(=O)O)c1C. The summed E-state index contributed by atoms with van der Waals surface area (Å²) in [5.41, 5.74) is 1.24. The highest BCUT2D eigenvalue weighted by Crippen LogP contribution is 2.01. The van der Waals surface area contributed by atoms with Crippen molar-refractivity contribution in [2.24, 2.45) is 0 Å². The Morgan fingerprint density at radius 2 is 2.40 bits per heavy atom. The summed E-state index contributed by atoms with van der Waals surface area (Å²) in [6.45, 7) is 1.66. The lowest BCUT2D eigenvalue weighted by atomic mass is 9.99. The molecule has 1 aromatic rings. The summed E-state index contributed by atoms with van der Waals surface area (Å²) < 4.78 is 0. The van der Waals surface area contributed by atoms with Crippen LogP contribution >= 0.6 is 0 Å². The summed E-state index contributed by atoms with van der Waals surface area (Å²) in [5.74, 6) is -0.953. The highest BCUT2D eigenvalue weighted by molar-refractivity contribution is 6.32. The van der Waals surface area contributed by atoms with E-state index in [-0.39, 0.29) is 5.56 Å². The maximum atomic E-state index is 10.4. The quantitative estimate of drug-likeness (QED) is 0.524. The van der Waals surface area contributed by atoms with E-state index in [1.165, 1.54) is 6.20 Å². The van der Waals surface area contributed by atoms with Crippen molar-refractivity contribution >= 4 is 19.4 Å². The van der Waals surface area contributed by atoms with Gasteiger partial charge >= 0.3 is 5.97 Å². The first-order valence-corrected chi connectivity index (χ1v) is 2.79. The molecular weight excluding hydrogens is 129 g/mol. The third-order valence-electron chi connectivity index (χ3n) is 1.41. The van der Waals surface area contributed by atoms with Crippen molar-refractivity contribution in [3.05, 3.63) is 17.3 Å². The molecule has 2 N–H and O–H groups in total. The third kappa shape index (κ3) is 0.921. The van der Waals surface area contributed by atoms with Crippen molar-refractivity contribution in [2.75, 3.05) is 0 Å². The molecule has 0 saturated heterocycles. The molecule has 1 rings (SSSR count). The lowest BCUT2D eigenvalue weighted by molar-refractivity contribution is 0.0696. The van der Waals surface area contributed by atoms with E-state index in [0.29, 0.717) is 11.2 Å². The smallest absolute Gasteiger partial charge is 0.337 e. The zero-order valence-corrected chi connectivity index (χ0v) is 5.51. The van der Waals surface area contributed by atoms with Gasteiger partial charge in [0.1, 0.15) is 7.85 Å². The number of H-pyrrole nitrogens is 1. The number of nitrogens with one attached hydrogen (secondary N) is 1. The normalized spacial score (nSPS) is 9.70. The van der Waals surface area contributed by atoms with Crippen LogP contribution in [0.4, 0.5) is 0 Å². The molecule has 0 saturated carbocycles. The largest absolute Gasteiger partial charge is 0.478 e. The van der Waals surface area contributed by atoms with E-state index in [4.69, 9.17) is 13.0 Å². The topological polar surface area (TPSA) is 53.1 Å². The standard InChI is InChI=1S/C6H6BNO2/c1-3-4(6(9)10)2-8-5(3)7/h2,8H,1H3,(H,9,10). The second-order valence-electron chi connectivity index (χ2n) is 2.05. The van der Waals surface area contributed by atoms with Crippen molar-refractivity contribution in [3.8, 4) is 0 Å². The van der Waals surface area contributed by atoms with Crippen LogP contribution in [0.15, 0.2) is 6.20 Å². The molecule has 0 aliphatic rings. The molecule has 0 spiro atoms. The van der Waals surface area contributed by atoms with E-state index < -0.39 is 5.97 Å². The first kappa shape index (κ1) is 6.93. The third-order valence-corrected chi connectivity index (χ3v) is 1.41. The fourth-order valence-corrected chi connectivity index (χ4v) is 0.734. The highest BCUT2D eigenvalue weighted by atomic mass is 16.4. The van der Waals surface area contributed by atoms with Gasteiger partial charge in [0.05, 0.1) is 5.56 Å². The lowest BCUT2D eigenvalue weighted by Crippen LogP contribution is -2.07. The second-order valence-corrected chi connectivity index (χ2v) is 2.05. The van der Waals surface area contributed by atoms with Gasteiger partial charge in [-0.15, -0.1) is 0 Å². The number of carboxylic acid groups (broad SMARTS) is 1. The average Bonchev–Trinajstić information content (AvgIpc) is 2.14. The van der Waals surface area contributed by atoms with Gasteiger partial charge in [-0.2, -0.15) is 0 Å². The van der Waals surface area contributed by atoms with Crippen LogP contribution in [-0.4, -0.2) is 23.9 Å². The summed E-state index contributed by atoms with van der Waals surface area (Å²) in [6, 6.07) is 0. The van der Waals surface area contributed by atoms with Crippen LogP contribution in [0.2, 0.25) is 0 Å². The van der Waals surface area contributed by atoms with E-state index in [9.17, 15) is 4.79 Å². The Morgan fingerprint density at radius 3 is 2.60 bits per heavy atom. The predicted octanol–water partition coefficient (Wildman–Crippen LogP) is -0.185. The van der Waals surface area contributed by atoms with Gasteiger partial charge in [-0.05, 0) is 18.1 Å². The number of hydrogen-bond acceptors (Lipinski definition) is 1. The summed E-state index contributed by atoms with van der Waals surface area (Å²) in [5, 5.41) is 8.50. The molecule has 0 aromatic carbocycles. The number of rotatable bonds is 1. The van der Waals surface area contributed by atoms with Crippen LogP contribution in [0.1, 0.15) is 15.9 Å². The molecule has 3 nitrogen and oxygen atoms in total. The molecule has 4 heteroatoms. The van der Waals surface area contributed by atoms with Crippen LogP contribution in [-0.2, 0) is 0 Å². The minimum Gasteiger partial charge on any atom is -0.478 e. The Balaban J connectivity index is 3.17. The molecule has 1 heterocycles. The van der Waals surface area contributed by atoms with Gasteiger partial charge in [0.25, 0.3) is 0 Å². The van der Waals surface area contributed by atoms with Gasteiger partial charge < -0.3 is 10.1 Å². The fraction of sp³-hybridized carbons (Fsp3) is 0.167. The van der Waals surface area contributed by atoms with Gasteiger partial charge in [0.2, 0.25) is 0 Å². The molecule has 0 atom stereocenters. The maximum absolute atomic E-state index is 10.4. The van der Waals surface area contributed by atoms with E-state index in [0.717, 1.165) is 0 Å². The van der Waals surface area contributed by atoms with Gasteiger partial charge in [0.15, 0.2) is 0 Å². The molecule has 1 aromatic heterocycles. The summed E-state index contributed by atoms with van der Waals surface area (Å²) in [6.07, 6.45) is 1.38. The van der Waals surface area contributed by atoms with Gasteiger partial charge in [0, 0.05) is 6.20 Å². The monoisotopic (exact) mass is 135 g/mol. The van der Waals surface area contributed by atoms with E-state index >= 15 is 0 Å². The first-order chi connectivity index (χ1) is 4.63. The number of carbonyl (C=O) groups is 1. The molecule has 0 fully saturated rings. The van der Waals surface area contributed by atoms with Crippen molar-refractivity contribution < 1.29 is 9.90 Å². The number of aromatic carboxylic acids is 1. The Kier molecular flexibility index (Phi) is 1.53. The Morgan fingerprint density at radius 1 is 1.80 bits per heavy atom. The van der Waals surface area contributed by atoms with Crippen LogP contribution in [0.25, 0.3) is 0 Å². The lowest BCUT2D eigenvalue weighted by Gasteiger charge is -1.90. The molecule has 0 amide bonds. The van der Waals surface area contributed by atoms with Crippen LogP contribution in [0.5, 0.6) is 0 Å². The molecular formula is C6H6BNO2. The minimum atomic E-state index is -0.953. The molecule has 50 valence electrons. The molecule has 0 bridgehead atoms. The fourth-order valence-electron chi connectivity index (χ4n) is 0.734. The maximum Gasteiger partial charge on any atom is 0.337 e. The Hall–Kier alpha value is -1.19. The second kappa shape index (κ2) is 2.21. The van der Waals surface area contributed by atoms with Crippen LogP contribution in [0, 0.1) is 6.92 Å². The van der Waals surface area contributed by atoms with Gasteiger partial charge in [-0.25, -0.2) is 4.79 Å². The molecule has 10 heavy (non-hydrogen) atoms. The highest BCUT2D eigenvalue weighted by Gasteiger charge is 2.08. The van der Waals surface area contributed by atoms with Crippen molar-refractivity contribution in [3.63, 3.8) is 0 Å². The van der Waals surface area contributed by atoms with Crippen molar-refractivity contribution in [1.29, 1.82) is 0 Å². The van der Waals surface area contributed by atoms with Crippen molar-refractivity contribution in [1.82, 2.24) is 4.98 Å². The van der Waals surface area contributed by atoms with Gasteiger partial charge in [-0.1, -0.05) is 0 Å². The summed E-state index contributed by atoms with van der Waals surface area (Å²) in [7, 11) is 5.36. The number of aromatic nitrogens is 1. The van der Waals surface area contributed by atoms with Crippen LogP contribution in [0.3, 0.4) is 0 Å². The zero-order chi connectivity index (χ0) is 7.72. The molecule has 0 aliphatic heterocycles. The Labute approximate surface area is 59.5 Å². The molecule has 2 radical (unpaired) electrons. The summed E-state index contributed by atoms with van der Waals surface area (Å²) >= 11 is 0. The average molecular weight is 135 g/mol. The van der Waals surface area contributed by atoms with Crippen LogP contribution < -0.4 is 5.59 Å². The van der Waals surface area contributed by atoms with E-state index in [2.05, 4.69) is 4.98 Å². The first-order valence-electron chi connectivity index (χ1n) is 2.79. The minimum absolute atomic E-state index is 0.234. The van der Waals surface area contributed by atoms with E-state index in [1.807, 2.05) is 0 Å². The Bertz CT molecular complexity index is 267. The van der Waals surface area contributed by atoms with Crippen molar-refractivity contribution in [2.45, 2.75) is 6.92 Å². The molecule has 0 unspecified atom stereocenters. The van der Waals surface area contributed by atoms with Gasteiger partial charge in [-0.3, -0.25) is 0 Å². The predicted molar refractivity (Wildman–Crippen MR) is 37.9 cm³/mol. The molecule has 0 aliphatic carbocycles. The number of aromatic amines is 1. The van der Waals surface area contributed by atoms with E-state index in [1.54, 1.807) is 6.92 Å².